The molecular formula is C17H24N6O4. The molecule has 3 N–H and O–H groups in total. The van der Waals surface area contributed by atoms with Gasteiger partial charge in [-0.2, -0.15) is 0 Å². The van der Waals surface area contributed by atoms with Crippen LogP contribution in [0.25, 0.3) is 11.0 Å². The van der Waals surface area contributed by atoms with Crippen molar-refractivity contribution in [3.63, 3.8) is 0 Å². The number of nitrogens with zero attached hydrogens (tertiary/aromatic N) is 4. The zero-order valence-corrected chi connectivity index (χ0v) is 15.5. The molecule has 10 nitrogen and oxygen atoms in total. The van der Waals surface area contributed by atoms with Crippen LogP contribution in [-0.2, 0) is 9.59 Å². The number of anilines is 1. The van der Waals surface area contributed by atoms with Crippen molar-refractivity contribution < 1.29 is 19.5 Å². The number of aromatic nitrogens is 3. The van der Waals surface area contributed by atoms with Gasteiger partial charge in [0.05, 0.1) is 25.1 Å². The number of fused-ring (bicyclic) bond motifs is 1. The Morgan fingerprint density at radius 3 is 2.74 bits per heavy atom. The summed E-state index contributed by atoms with van der Waals surface area (Å²) in [6, 6.07) is 5.18. The van der Waals surface area contributed by atoms with Gasteiger partial charge in [0.15, 0.2) is 0 Å². The maximum Gasteiger partial charge on any atom is 0.262 e. The molecule has 0 aliphatic heterocycles. The topological polar surface area (TPSA) is 130 Å². The Hall–Kier alpha value is -3.01. The summed E-state index contributed by atoms with van der Waals surface area (Å²) in [4.78, 5) is 27.3. The molecule has 1 atom stereocenters. The number of benzene rings is 1. The Morgan fingerprint density at radius 2 is 2.07 bits per heavy atom. The minimum absolute atomic E-state index is 0.0969. The van der Waals surface area contributed by atoms with Gasteiger partial charge in [-0.25, -0.2) is 10.0 Å². The predicted molar refractivity (Wildman–Crippen MR) is 97.8 cm³/mol. The molecule has 0 saturated carbocycles. The lowest BCUT2D eigenvalue weighted by Crippen LogP contribution is -2.40. The van der Waals surface area contributed by atoms with E-state index in [0.29, 0.717) is 34.2 Å². The molecule has 0 fully saturated rings. The summed E-state index contributed by atoms with van der Waals surface area (Å²) < 4.78 is 5.12. The number of rotatable bonds is 10. The SMILES string of the molecule is COc1ccc2nc(NNC(=O)[C@@H](CCC(C)C)CN(O)C=O)nnc2c1. The van der Waals surface area contributed by atoms with Crippen LogP contribution in [0, 0.1) is 11.8 Å². The molecule has 1 aromatic carbocycles. The minimum Gasteiger partial charge on any atom is -0.497 e. The van der Waals surface area contributed by atoms with Crippen LogP contribution in [0.1, 0.15) is 26.7 Å². The number of ether oxygens (including phenoxy) is 1. The number of nitrogens with one attached hydrogen (secondary N) is 2. The van der Waals surface area contributed by atoms with Crippen LogP contribution in [-0.4, -0.2) is 51.4 Å². The first-order valence-electron chi connectivity index (χ1n) is 8.58. The van der Waals surface area contributed by atoms with Gasteiger partial charge in [-0.15, -0.1) is 10.2 Å². The molecule has 0 unspecified atom stereocenters. The van der Waals surface area contributed by atoms with Crippen molar-refractivity contribution in [2.75, 3.05) is 19.1 Å². The lowest BCUT2D eigenvalue weighted by atomic mass is 9.97. The first-order chi connectivity index (χ1) is 12.9. The van der Waals surface area contributed by atoms with Gasteiger partial charge in [0, 0.05) is 6.07 Å². The van der Waals surface area contributed by atoms with E-state index in [9.17, 15) is 14.8 Å². The first kappa shape index (κ1) is 20.3. The van der Waals surface area contributed by atoms with E-state index in [1.807, 2.05) is 13.8 Å². The van der Waals surface area contributed by atoms with Crippen LogP contribution in [0.5, 0.6) is 5.75 Å². The first-order valence-corrected chi connectivity index (χ1v) is 8.58. The van der Waals surface area contributed by atoms with E-state index in [2.05, 4.69) is 26.0 Å². The number of methoxy groups -OCH3 is 1. The highest BCUT2D eigenvalue weighted by Crippen LogP contribution is 2.17. The second-order valence-electron chi connectivity index (χ2n) is 6.50. The van der Waals surface area contributed by atoms with Crippen molar-refractivity contribution in [1.29, 1.82) is 0 Å². The van der Waals surface area contributed by atoms with E-state index in [4.69, 9.17) is 4.74 Å². The van der Waals surface area contributed by atoms with E-state index in [1.54, 1.807) is 25.3 Å². The molecule has 0 aliphatic carbocycles. The Balaban J connectivity index is 2.02. The van der Waals surface area contributed by atoms with Crippen molar-refractivity contribution in [1.82, 2.24) is 25.7 Å². The van der Waals surface area contributed by atoms with Gasteiger partial charge in [0.25, 0.3) is 5.95 Å². The van der Waals surface area contributed by atoms with Crippen LogP contribution in [0.15, 0.2) is 18.2 Å². The summed E-state index contributed by atoms with van der Waals surface area (Å²) in [5.74, 6) is 0.202. The third kappa shape index (κ3) is 6.03. The second-order valence-corrected chi connectivity index (χ2v) is 6.50. The van der Waals surface area contributed by atoms with Crippen LogP contribution in [0.3, 0.4) is 0 Å². The molecule has 1 heterocycles. The zero-order valence-electron chi connectivity index (χ0n) is 15.5. The van der Waals surface area contributed by atoms with Gasteiger partial charge in [-0.05, 0) is 24.5 Å². The summed E-state index contributed by atoms with van der Waals surface area (Å²) in [7, 11) is 1.56. The maximum atomic E-state index is 12.4. The third-order valence-corrected chi connectivity index (χ3v) is 3.95. The van der Waals surface area contributed by atoms with Gasteiger partial charge in [0.2, 0.25) is 12.3 Å². The molecular weight excluding hydrogens is 352 g/mol. The second kappa shape index (κ2) is 9.62. The molecule has 146 valence electrons. The molecule has 0 saturated heterocycles. The molecule has 1 aromatic heterocycles. The van der Waals surface area contributed by atoms with Crippen molar-refractivity contribution in [2.24, 2.45) is 11.8 Å². The lowest BCUT2D eigenvalue weighted by Gasteiger charge is -2.20. The van der Waals surface area contributed by atoms with Crippen LogP contribution in [0.2, 0.25) is 0 Å². The largest absolute Gasteiger partial charge is 0.497 e. The van der Waals surface area contributed by atoms with E-state index in [0.717, 1.165) is 6.42 Å². The van der Waals surface area contributed by atoms with Crippen molar-refractivity contribution in [3.05, 3.63) is 18.2 Å². The molecule has 0 radical (unpaired) electrons. The van der Waals surface area contributed by atoms with Gasteiger partial charge >= 0.3 is 0 Å². The van der Waals surface area contributed by atoms with Crippen LogP contribution >= 0.6 is 0 Å². The number of carbonyl (C=O) groups is 2. The Labute approximate surface area is 156 Å². The van der Waals surface area contributed by atoms with Crippen LogP contribution in [0.4, 0.5) is 5.95 Å². The number of hydroxylamine groups is 2. The summed E-state index contributed by atoms with van der Waals surface area (Å²) in [5.41, 5.74) is 6.27. The predicted octanol–water partition coefficient (Wildman–Crippen LogP) is 1.38. The normalized spacial score (nSPS) is 11.9. The average molecular weight is 376 g/mol. The van der Waals surface area contributed by atoms with Gasteiger partial charge in [0.1, 0.15) is 11.3 Å². The van der Waals surface area contributed by atoms with E-state index in [1.165, 1.54) is 0 Å². The van der Waals surface area contributed by atoms with Crippen molar-refractivity contribution in [2.45, 2.75) is 26.7 Å². The molecule has 0 bridgehead atoms. The molecule has 2 aromatic rings. The van der Waals surface area contributed by atoms with E-state index < -0.39 is 5.92 Å². The number of hydrogen-bond acceptors (Lipinski definition) is 8. The smallest absolute Gasteiger partial charge is 0.262 e. The Kier molecular flexibility index (Phi) is 7.24. The highest BCUT2D eigenvalue weighted by Gasteiger charge is 2.21. The average Bonchev–Trinajstić information content (AvgIpc) is 2.68. The van der Waals surface area contributed by atoms with E-state index >= 15 is 0 Å². The van der Waals surface area contributed by atoms with E-state index in [-0.39, 0.29) is 24.8 Å². The quantitative estimate of drug-likeness (QED) is 0.322. The molecule has 27 heavy (non-hydrogen) atoms. The number of amides is 2. The highest BCUT2D eigenvalue weighted by atomic mass is 16.5. The number of hydrazine groups is 1. The fourth-order valence-electron chi connectivity index (χ4n) is 2.42. The molecule has 0 aliphatic rings. The fourth-order valence-corrected chi connectivity index (χ4v) is 2.42. The molecule has 2 amide bonds. The summed E-state index contributed by atoms with van der Waals surface area (Å²) in [6.07, 6.45) is 1.57. The minimum atomic E-state index is -0.576. The lowest BCUT2D eigenvalue weighted by molar-refractivity contribution is -0.154. The number of carbonyl (C=O) groups excluding carboxylic acids is 2. The van der Waals surface area contributed by atoms with Crippen molar-refractivity contribution in [3.8, 4) is 5.75 Å². The Morgan fingerprint density at radius 1 is 1.30 bits per heavy atom. The standard InChI is InChI=1S/C17H24N6O4/c1-11(2)4-5-12(9-23(26)10-24)16(25)20-22-17-18-14-7-6-13(27-3)8-15(14)19-21-17/h6-8,10-12,26H,4-5,9H2,1-3H3,(H,20,25)(H,18,21,22)/t12-/m0/s1. The Bertz CT molecular complexity index is 785. The van der Waals surface area contributed by atoms with Crippen molar-refractivity contribution >= 4 is 29.3 Å². The summed E-state index contributed by atoms with van der Waals surface area (Å²) >= 11 is 0. The summed E-state index contributed by atoms with van der Waals surface area (Å²) in [5, 5.41) is 17.8. The highest BCUT2D eigenvalue weighted by molar-refractivity contribution is 5.80. The van der Waals surface area contributed by atoms with Crippen LogP contribution < -0.4 is 15.6 Å². The van der Waals surface area contributed by atoms with Gasteiger partial charge in [-0.1, -0.05) is 20.3 Å². The zero-order chi connectivity index (χ0) is 19.8. The fraction of sp³-hybridized carbons (Fsp3) is 0.471. The molecule has 10 heteroatoms. The number of hydrogen-bond donors (Lipinski definition) is 3. The maximum absolute atomic E-state index is 12.4. The molecule has 2 rings (SSSR count). The third-order valence-electron chi connectivity index (χ3n) is 3.95. The van der Waals surface area contributed by atoms with Gasteiger partial charge in [-0.3, -0.25) is 25.6 Å². The molecule has 0 spiro atoms. The van der Waals surface area contributed by atoms with Gasteiger partial charge < -0.3 is 4.74 Å². The summed E-state index contributed by atoms with van der Waals surface area (Å²) in [6.45, 7) is 3.97. The monoisotopic (exact) mass is 376 g/mol.